The number of carbonyl (C=O) groups is 1. The average Bonchev–Trinajstić information content (AvgIpc) is 3.30. The largest absolute Gasteiger partial charge is 0.423 e. The maximum absolute atomic E-state index is 12.6. The highest BCUT2D eigenvalue weighted by molar-refractivity contribution is 7.13. The Hall–Kier alpha value is -4.03. The van der Waals surface area contributed by atoms with E-state index in [1.165, 1.54) is 11.3 Å². The van der Waals surface area contributed by atoms with Gasteiger partial charge < -0.3 is 9.15 Å². The van der Waals surface area contributed by atoms with E-state index in [0.29, 0.717) is 32.9 Å². The molecule has 2 aromatic heterocycles. The van der Waals surface area contributed by atoms with Gasteiger partial charge in [-0.15, -0.1) is 11.3 Å². The second-order valence-corrected chi connectivity index (χ2v) is 7.66. The van der Waals surface area contributed by atoms with Crippen molar-refractivity contribution in [3.8, 4) is 27.6 Å². The van der Waals surface area contributed by atoms with E-state index in [1.54, 1.807) is 48.5 Å². The van der Waals surface area contributed by atoms with Crippen LogP contribution in [0.3, 0.4) is 0 Å². The molecule has 0 radical (unpaired) electrons. The number of benzene rings is 3. The molecule has 0 aliphatic rings. The smallest absolute Gasteiger partial charge is 0.346 e. The lowest BCUT2D eigenvalue weighted by atomic mass is 10.1. The number of nitrogens with zero attached hydrogens (tertiary/aromatic N) is 1. The van der Waals surface area contributed by atoms with Crippen LogP contribution < -0.4 is 10.4 Å². The van der Waals surface area contributed by atoms with Gasteiger partial charge in [-0.1, -0.05) is 48.5 Å². The van der Waals surface area contributed by atoms with Gasteiger partial charge in [0.15, 0.2) is 0 Å². The van der Waals surface area contributed by atoms with Crippen LogP contribution in [0, 0.1) is 0 Å². The molecule has 0 saturated heterocycles. The Balaban J connectivity index is 1.45. The van der Waals surface area contributed by atoms with Crippen LogP contribution in [0.2, 0.25) is 0 Å². The van der Waals surface area contributed by atoms with Gasteiger partial charge in [0.2, 0.25) is 0 Å². The molecule has 150 valence electrons. The van der Waals surface area contributed by atoms with E-state index in [1.807, 2.05) is 41.8 Å². The van der Waals surface area contributed by atoms with Crippen LogP contribution in [0.5, 0.6) is 5.75 Å². The van der Waals surface area contributed by atoms with E-state index >= 15 is 0 Å². The minimum Gasteiger partial charge on any atom is -0.423 e. The fourth-order valence-electron chi connectivity index (χ4n) is 3.18. The van der Waals surface area contributed by atoms with Crippen molar-refractivity contribution < 1.29 is 13.9 Å². The molecule has 31 heavy (non-hydrogen) atoms. The van der Waals surface area contributed by atoms with Crippen molar-refractivity contribution in [2.45, 2.75) is 0 Å². The van der Waals surface area contributed by atoms with Crippen molar-refractivity contribution >= 4 is 28.3 Å². The van der Waals surface area contributed by atoms with Crippen LogP contribution in [0.15, 0.2) is 99.5 Å². The summed E-state index contributed by atoms with van der Waals surface area (Å²) in [6, 6.07) is 25.2. The highest BCUT2D eigenvalue weighted by Gasteiger charge is 2.14. The number of rotatable bonds is 4. The molecule has 3 aromatic carbocycles. The highest BCUT2D eigenvalue weighted by atomic mass is 32.1. The summed E-state index contributed by atoms with van der Waals surface area (Å²) in [7, 11) is 0. The number of carbonyl (C=O) groups excluding carboxylic acids is 1. The molecular weight excluding hydrogens is 410 g/mol. The molecule has 0 bridgehead atoms. The molecule has 5 rings (SSSR count). The van der Waals surface area contributed by atoms with Gasteiger partial charge in [0.25, 0.3) is 0 Å². The normalized spacial score (nSPS) is 10.8. The first-order chi connectivity index (χ1) is 15.2. The summed E-state index contributed by atoms with van der Waals surface area (Å²) in [5, 5.41) is 3.22. The van der Waals surface area contributed by atoms with E-state index < -0.39 is 11.6 Å². The van der Waals surface area contributed by atoms with Gasteiger partial charge in [-0.25, -0.2) is 14.6 Å². The number of aromatic nitrogens is 1. The Morgan fingerprint density at radius 1 is 0.903 bits per heavy atom. The van der Waals surface area contributed by atoms with Gasteiger partial charge in [0.1, 0.15) is 16.3 Å². The zero-order chi connectivity index (χ0) is 21.2. The second-order valence-electron chi connectivity index (χ2n) is 6.81. The highest BCUT2D eigenvalue weighted by Crippen LogP contribution is 2.29. The minimum atomic E-state index is -0.493. The van der Waals surface area contributed by atoms with Gasteiger partial charge in [0.05, 0.1) is 16.8 Å². The topological polar surface area (TPSA) is 69.4 Å². The summed E-state index contributed by atoms with van der Waals surface area (Å²) in [5.74, 6) is -0.173. The maximum Gasteiger partial charge on any atom is 0.346 e. The summed E-state index contributed by atoms with van der Waals surface area (Å²) < 4.78 is 10.9. The second kappa shape index (κ2) is 8.01. The molecule has 0 amide bonds. The monoisotopic (exact) mass is 425 g/mol. The lowest BCUT2D eigenvalue weighted by molar-refractivity contribution is 0.0735. The number of esters is 1. The van der Waals surface area contributed by atoms with E-state index in [-0.39, 0.29) is 0 Å². The van der Waals surface area contributed by atoms with E-state index in [2.05, 4.69) is 4.98 Å². The van der Waals surface area contributed by atoms with Crippen molar-refractivity contribution in [2.75, 3.05) is 0 Å². The van der Waals surface area contributed by atoms with Crippen molar-refractivity contribution in [2.24, 2.45) is 0 Å². The van der Waals surface area contributed by atoms with Gasteiger partial charge in [-0.05, 0) is 30.3 Å². The third-order valence-corrected chi connectivity index (χ3v) is 5.61. The Kier molecular flexibility index (Phi) is 4.90. The van der Waals surface area contributed by atoms with Gasteiger partial charge >= 0.3 is 11.6 Å². The first-order valence-electron chi connectivity index (χ1n) is 9.54. The number of fused-ring (bicyclic) bond motifs is 1. The molecule has 0 spiro atoms. The number of ether oxygens (including phenoxy) is 1. The summed E-state index contributed by atoms with van der Waals surface area (Å²) >= 11 is 1.39. The van der Waals surface area contributed by atoms with Gasteiger partial charge in [-0.2, -0.15) is 0 Å². The van der Waals surface area contributed by atoms with Crippen LogP contribution in [0.25, 0.3) is 32.8 Å². The van der Waals surface area contributed by atoms with Crippen LogP contribution in [-0.2, 0) is 0 Å². The Bertz CT molecular complexity index is 1440. The van der Waals surface area contributed by atoms with Crippen molar-refractivity contribution in [1.82, 2.24) is 4.98 Å². The molecule has 0 aliphatic heterocycles. The third-order valence-electron chi connectivity index (χ3n) is 4.73. The molecule has 2 heterocycles. The fraction of sp³-hybridized carbons (Fsp3) is 0. The summed E-state index contributed by atoms with van der Waals surface area (Å²) in [6.45, 7) is 0. The zero-order valence-corrected chi connectivity index (χ0v) is 17.0. The maximum atomic E-state index is 12.6. The first-order valence-corrected chi connectivity index (χ1v) is 10.4. The first kappa shape index (κ1) is 19.0. The summed E-state index contributed by atoms with van der Waals surface area (Å²) in [4.78, 5) is 29.5. The molecular formula is C25H15NO4S. The standard InChI is InChI=1S/C25H15NO4S/c27-24(17-9-5-2-6-10-17)29-19-12-11-18-13-20(25(28)30-22(18)14-19)23-26-21(15-31-23)16-7-3-1-4-8-16/h1-15H. The van der Waals surface area contributed by atoms with Gasteiger partial charge in [-0.3, -0.25) is 0 Å². The van der Waals surface area contributed by atoms with Crippen LogP contribution in [0.4, 0.5) is 0 Å². The van der Waals surface area contributed by atoms with E-state index in [0.717, 1.165) is 11.3 Å². The molecule has 0 aliphatic carbocycles. The Morgan fingerprint density at radius 2 is 1.65 bits per heavy atom. The third kappa shape index (κ3) is 3.89. The molecule has 5 aromatic rings. The van der Waals surface area contributed by atoms with Crippen LogP contribution in [-0.4, -0.2) is 11.0 Å². The Morgan fingerprint density at radius 3 is 2.42 bits per heavy atom. The minimum absolute atomic E-state index is 0.304. The molecule has 0 fully saturated rings. The summed E-state index contributed by atoms with van der Waals surface area (Å²) in [6.07, 6.45) is 0. The Labute approximate surface area is 181 Å². The molecule has 6 heteroatoms. The van der Waals surface area contributed by atoms with E-state index in [9.17, 15) is 9.59 Å². The van der Waals surface area contributed by atoms with E-state index in [4.69, 9.17) is 9.15 Å². The molecule has 0 atom stereocenters. The predicted octanol–water partition coefficient (Wildman–Crippen LogP) is 5.80. The SMILES string of the molecule is O=C(Oc1ccc2cc(-c3nc(-c4ccccc4)cs3)c(=O)oc2c1)c1ccccc1. The van der Waals surface area contributed by atoms with Crippen LogP contribution in [0.1, 0.15) is 10.4 Å². The number of hydrogen-bond acceptors (Lipinski definition) is 6. The van der Waals surface area contributed by atoms with Crippen molar-refractivity contribution in [1.29, 1.82) is 0 Å². The average molecular weight is 425 g/mol. The molecule has 5 nitrogen and oxygen atoms in total. The lowest BCUT2D eigenvalue weighted by Crippen LogP contribution is -2.08. The van der Waals surface area contributed by atoms with Crippen LogP contribution >= 0.6 is 11.3 Å². The van der Waals surface area contributed by atoms with Crippen molar-refractivity contribution in [3.63, 3.8) is 0 Å². The number of thiazole rings is 1. The quantitative estimate of drug-likeness (QED) is 0.207. The molecule has 0 N–H and O–H groups in total. The predicted molar refractivity (Wildman–Crippen MR) is 120 cm³/mol. The van der Waals surface area contributed by atoms with Crippen molar-refractivity contribution in [3.05, 3.63) is 106 Å². The number of hydrogen-bond donors (Lipinski definition) is 0. The zero-order valence-electron chi connectivity index (χ0n) is 16.1. The lowest BCUT2D eigenvalue weighted by Gasteiger charge is -2.06. The van der Waals surface area contributed by atoms with Gasteiger partial charge in [0, 0.05) is 22.4 Å². The summed E-state index contributed by atoms with van der Waals surface area (Å²) in [5.41, 5.74) is 2.48. The fourth-order valence-corrected chi connectivity index (χ4v) is 4.02. The molecule has 0 unspecified atom stereocenters. The molecule has 0 saturated carbocycles.